The molecule has 0 bridgehead atoms. The highest BCUT2D eigenvalue weighted by Crippen LogP contribution is 2.27. The molecule has 0 saturated heterocycles. The molecular weight excluding hydrogens is 252 g/mol. The summed E-state index contributed by atoms with van der Waals surface area (Å²) in [5, 5.41) is 0. The van der Waals surface area contributed by atoms with Crippen LogP contribution < -0.4 is 10.9 Å². The number of aryl methyl sites for hydroxylation is 1. The van der Waals surface area contributed by atoms with Gasteiger partial charge in [0.05, 0.1) is 6.04 Å². The molecule has 0 aromatic heterocycles. The minimum absolute atomic E-state index is 0.154. The number of hydrazine groups is 1. The SMILES string of the molecule is CC(C)(C)OC(=O)NNC1CCCCc2ccccc21. The number of nitrogens with one attached hydrogen (secondary N) is 2. The van der Waals surface area contributed by atoms with Gasteiger partial charge < -0.3 is 4.74 Å². The Morgan fingerprint density at radius 1 is 1.25 bits per heavy atom. The van der Waals surface area contributed by atoms with E-state index < -0.39 is 11.7 Å². The maximum atomic E-state index is 11.7. The fraction of sp³-hybridized carbons (Fsp3) is 0.562. The summed E-state index contributed by atoms with van der Waals surface area (Å²) in [6.45, 7) is 5.56. The average molecular weight is 276 g/mol. The highest BCUT2D eigenvalue weighted by molar-refractivity contribution is 5.67. The summed E-state index contributed by atoms with van der Waals surface area (Å²) >= 11 is 0. The van der Waals surface area contributed by atoms with Gasteiger partial charge in [0.25, 0.3) is 0 Å². The molecule has 4 nitrogen and oxygen atoms in total. The molecule has 0 radical (unpaired) electrons. The van der Waals surface area contributed by atoms with Gasteiger partial charge in [0, 0.05) is 0 Å². The molecule has 4 heteroatoms. The Labute approximate surface area is 120 Å². The number of hydrogen-bond donors (Lipinski definition) is 2. The van der Waals surface area contributed by atoms with Crippen LogP contribution in [0.25, 0.3) is 0 Å². The monoisotopic (exact) mass is 276 g/mol. The van der Waals surface area contributed by atoms with Crippen LogP contribution in [0.1, 0.15) is 57.2 Å². The zero-order valence-electron chi connectivity index (χ0n) is 12.5. The van der Waals surface area contributed by atoms with Crippen LogP contribution in [0.15, 0.2) is 24.3 Å². The molecule has 0 saturated carbocycles. The van der Waals surface area contributed by atoms with Crippen molar-refractivity contribution in [1.29, 1.82) is 0 Å². The molecule has 1 amide bonds. The molecule has 20 heavy (non-hydrogen) atoms. The topological polar surface area (TPSA) is 50.4 Å². The number of fused-ring (bicyclic) bond motifs is 1. The number of amides is 1. The lowest BCUT2D eigenvalue weighted by molar-refractivity contribution is 0.0486. The van der Waals surface area contributed by atoms with E-state index in [2.05, 4.69) is 29.1 Å². The molecule has 1 aromatic rings. The van der Waals surface area contributed by atoms with Gasteiger partial charge in [-0.3, -0.25) is 5.43 Å². The third-order valence-corrected chi connectivity index (χ3v) is 3.37. The molecule has 0 heterocycles. The second-order valence-corrected chi connectivity index (χ2v) is 6.27. The van der Waals surface area contributed by atoms with Crippen molar-refractivity contribution < 1.29 is 9.53 Å². The van der Waals surface area contributed by atoms with Crippen molar-refractivity contribution in [3.8, 4) is 0 Å². The predicted molar refractivity (Wildman–Crippen MR) is 79.2 cm³/mol. The van der Waals surface area contributed by atoms with Crippen LogP contribution in [-0.2, 0) is 11.2 Å². The van der Waals surface area contributed by atoms with Gasteiger partial charge in [-0.05, 0) is 51.2 Å². The Bertz CT molecular complexity index is 466. The highest BCUT2D eigenvalue weighted by atomic mass is 16.6. The lowest BCUT2D eigenvalue weighted by atomic mass is 10.00. The molecule has 1 aromatic carbocycles. The molecule has 110 valence electrons. The van der Waals surface area contributed by atoms with E-state index in [1.165, 1.54) is 17.5 Å². The van der Waals surface area contributed by atoms with Crippen LogP contribution >= 0.6 is 0 Å². The van der Waals surface area contributed by atoms with E-state index in [1.807, 2.05) is 26.8 Å². The number of rotatable bonds is 2. The van der Waals surface area contributed by atoms with E-state index in [0.717, 1.165) is 19.3 Å². The first-order valence-electron chi connectivity index (χ1n) is 7.28. The molecule has 1 atom stereocenters. The summed E-state index contributed by atoms with van der Waals surface area (Å²) in [5.74, 6) is 0. The molecular formula is C16H24N2O2. The van der Waals surface area contributed by atoms with E-state index >= 15 is 0 Å². The summed E-state index contributed by atoms with van der Waals surface area (Å²) in [4.78, 5) is 11.7. The Kier molecular flexibility index (Phi) is 4.65. The minimum Gasteiger partial charge on any atom is -0.443 e. The van der Waals surface area contributed by atoms with Crippen molar-refractivity contribution in [3.05, 3.63) is 35.4 Å². The zero-order chi connectivity index (χ0) is 14.6. The number of carbonyl (C=O) groups is 1. The van der Waals surface area contributed by atoms with E-state index in [-0.39, 0.29) is 6.04 Å². The summed E-state index contributed by atoms with van der Waals surface area (Å²) in [6, 6.07) is 8.58. The number of ether oxygens (including phenoxy) is 1. The van der Waals surface area contributed by atoms with Gasteiger partial charge in [-0.15, -0.1) is 0 Å². The molecule has 2 rings (SSSR count). The van der Waals surface area contributed by atoms with Crippen molar-refractivity contribution in [3.63, 3.8) is 0 Å². The maximum Gasteiger partial charge on any atom is 0.422 e. The lowest BCUT2D eigenvalue weighted by Crippen LogP contribution is -2.43. The van der Waals surface area contributed by atoms with Gasteiger partial charge in [0.1, 0.15) is 5.60 Å². The first-order chi connectivity index (χ1) is 9.46. The van der Waals surface area contributed by atoms with Crippen molar-refractivity contribution in [2.45, 2.75) is 58.1 Å². The van der Waals surface area contributed by atoms with Gasteiger partial charge in [-0.25, -0.2) is 10.2 Å². The van der Waals surface area contributed by atoms with Gasteiger partial charge in [-0.1, -0.05) is 30.7 Å². The Morgan fingerprint density at radius 3 is 2.75 bits per heavy atom. The van der Waals surface area contributed by atoms with E-state index in [9.17, 15) is 4.79 Å². The first kappa shape index (κ1) is 14.9. The van der Waals surface area contributed by atoms with E-state index in [0.29, 0.717) is 0 Å². The van der Waals surface area contributed by atoms with Crippen molar-refractivity contribution in [1.82, 2.24) is 10.9 Å². The second kappa shape index (κ2) is 6.27. The Balaban J connectivity index is 1.97. The van der Waals surface area contributed by atoms with Crippen LogP contribution in [0.3, 0.4) is 0 Å². The van der Waals surface area contributed by atoms with Crippen LogP contribution in [0.4, 0.5) is 4.79 Å². The van der Waals surface area contributed by atoms with Crippen LogP contribution in [0.2, 0.25) is 0 Å². The quantitative estimate of drug-likeness (QED) is 0.642. The van der Waals surface area contributed by atoms with E-state index in [1.54, 1.807) is 0 Å². The van der Waals surface area contributed by atoms with Crippen LogP contribution in [-0.4, -0.2) is 11.7 Å². The average Bonchev–Trinajstić information content (AvgIpc) is 2.56. The fourth-order valence-electron chi connectivity index (χ4n) is 2.52. The van der Waals surface area contributed by atoms with Crippen LogP contribution in [0.5, 0.6) is 0 Å². The summed E-state index contributed by atoms with van der Waals surface area (Å²) < 4.78 is 5.24. The smallest absolute Gasteiger partial charge is 0.422 e. The van der Waals surface area contributed by atoms with Gasteiger partial charge in [0.2, 0.25) is 0 Å². The van der Waals surface area contributed by atoms with Crippen LogP contribution in [0, 0.1) is 0 Å². The maximum absolute atomic E-state index is 11.7. The summed E-state index contributed by atoms with van der Waals surface area (Å²) in [7, 11) is 0. The number of benzene rings is 1. The summed E-state index contributed by atoms with van der Waals surface area (Å²) in [6.07, 6.45) is 4.05. The van der Waals surface area contributed by atoms with Crippen molar-refractivity contribution >= 4 is 6.09 Å². The van der Waals surface area contributed by atoms with Gasteiger partial charge >= 0.3 is 6.09 Å². The third-order valence-electron chi connectivity index (χ3n) is 3.37. The molecule has 1 aliphatic carbocycles. The van der Waals surface area contributed by atoms with E-state index in [4.69, 9.17) is 4.74 Å². The highest BCUT2D eigenvalue weighted by Gasteiger charge is 2.20. The first-order valence-corrected chi connectivity index (χ1v) is 7.28. The molecule has 0 fully saturated rings. The Morgan fingerprint density at radius 2 is 2.00 bits per heavy atom. The number of carbonyl (C=O) groups excluding carboxylic acids is 1. The Hall–Kier alpha value is -1.55. The molecule has 1 unspecified atom stereocenters. The van der Waals surface area contributed by atoms with Crippen molar-refractivity contribution in [2.75, 3.05) is 0 Å². The lowest BCUT2D eigenvalue weighted by Gasteiger charge is -2.23. The molecule has 0 aliphatic heterocycles. The molecule has 2 N–H and O–H groups in total. The van der Waals surface area contributed by atoms with Gasteiger partial charge in [0.15, 0.2) is 0 Å². The molecule has 1 aliphatic rings. The zero-order valence-corrected chi connectivity index (χ0v) is 12.5. The standard InChI is InChI=1S/C16H24N2O2/c1-16(2,3)20-15(19)18-17-14-11-7-5-9-12-8-4-6-10-13(12)14/h4,6,8,10,14,17H,5,7,9,11H2,1-3H3,(H,18,19). The normalized spacial score (nSPS) is 18.9. The minimum atomic E-state index is -0.479. The molecule has 0 spiro atoms. The third kappa shape index (κ3) is 4.23. The summed E-state index contributed by atoms with van der Waals surface area (Å²) in [5.41, 5.74) is 7.95. The fourth-order valence-corrected chi connectivity index (χ4v) is 2.52. The predicted octanol–water partition coefficient (Wildman–Crippen LogP) is 3.48. The largest absolute Gasteiger partial charge is 0.443 e. The van der Waals surface area contributed by atoms with Crippen molar-refractivity contribution in [2.24, 2.45) is 0 Å². The number of hydrogen-bond acceptors (Lipinski definition) is 3. The van der Waals surface area contributed by atoms with Gasteiger partial charge in [-0.2, -0.15) is 0 Å². The second-order valence-electron chi connectivity index (χ2n) is 6.27.